The van der Waals surface area contributed by atoms with Crippen LogP contribution in [0.1, 0.15) is 27.7 Å². The molecule has 0 heterocycles. The maximum atomic E-state index is 12.8. The van der Waals surface area contributed by atoms with Gasteiger partial charge < -0.3 is 20.5 Å². The van der Waals surface area contributed by atoms with Crippen LogP contribution in [0.5, 0.6) is 0 Å². The Labute approximate surface area is 110 Å². The Morgan fingerprint density at radius 1 is 1.21 bits per heavy atom. The van der Waals surface area contributed by atoms with Gasteiger partial charge >= 0.3 is 12.1 Å². The zero-order chi connectivity index (χ0) is 15.4. The van der Waals surface area contributed by atoms with E-state index in [1.807, 2.05) is 5.32 Å². The molecular weight excluding hydrogens is 262 g/mol. The Morgan fingerprint density at radius 3 is 2.00 bits per heavy atom. The van der Waals surface area contributed by atoms with Crippen LogP contribution >= 0.6 is 0 Å². The van der Waals surface area contributed by atoms with Crippen LogP contribution in [0.15, 0.2) is 0 Å². The quantitative estimate of drug-likeness (QED) is 0.752. The monoisotopic (exact) mass is 282 g/mol. The molecule has 0 spiro atoms. The van der Waals surface area contributed by atoms with Crippen LogP contribution in [0.25, 0.3) is 0 Å². The number of alkyl halides is 2. The number of alkyl carbamates (subject to hydrolysis) is 1. The summed E-state index contributed by atoms with van der Waals surface area (Å²) in [5.41, 5.74) is 2.26. The second-order valence-corrected chi connectivity index (χ2v) is 5.27. The van der Waals surface area contributed by atoms with Crippen LogP contribution in [0.3, 0.4) is 0 Å². The molecule has 0 rings (SSSR count). The fourth-order valence-electron chi connectivity index (χ4n) is 1.14. The molecule has 0 aromatic rings. The molecule has 0 radical (unpaired) electrons. The van der Waals surface area contributed by atoms with E-state index in [0.717, 1.165) is 14.0 Å². The van der Waals surface area contributed by atoms with Gasteiger partial charge in [-0.2, -0.15) is 0 Å². The van der Waals surface area contributed by atoms with Gasteiger partial charge in [-0.3, -0.25) is 0 Å². The van der Waals surface area contributed by atoms with Gasteiger partial charge in [-0.05, 0) is 27.7 Å². The van der Waals surface area contributed by atoms with Gasteiger partial charge in [-0.1, -0.05) is 0 Å². The van der Waals surface area contributed by atoms with Crippen molar-refractivity contribution in [2.45, 2.75) is 51.3 Å². The molecule has 0 aromatic carbocycles. The molecule has 3 N–H and O–H groups in total. The Hall–Kier alpha value is -1.44. The smallest absolute Gasteiger partial charge is 0.408 e. The van der Waals surface area contributed by atoms with Gasteiger partial charge in [0.2, 0.25) is 0 Å². The van der Waals surface area contributed by atoms with Crippen molar-refractivity contribution >= 4 is 12.1 Å². The van der Waals surface area contributed by atoms with Crippen LogP contribution in [0, 0.1) is 0 Å². The third-order valence-electron chi connectivity index (χ3n) is 2.19. The fraction of sp³-hybridized carbons (Fsp3) is 0.818. The van der Waals surface area contributed by atoms with Crippen LogP contribution in [-0.2, 0) is 14.3 Å². The van der Waals surface area contributed by atoms with Crippen LogP contribution in [0.4, 0.5) is 13.6 Å². The summed E-state index contributed by atoms with van der Waals surface area (Å²) in [6.45, 7) is 5.72. The van der Waals surface area contributed by atoms with Crippen molar-refractivity contribution in [1.82, 2.24) is 5.32 Å². The number of esters is 1. The first-order valence-corrected chi connectivity index (χ1v) is 5.56. The van der Waals surface area contributed by atoms with Crippen LogP contribution in [0.2, 0.25) is 0 Å². The summed E-state index contributed by atoms with van der Waals surface area (Å²) < 4.78 is 34.9. The lowest BCUT2D eigenvalue weighted by molar-refractivity contribution is -0.147. The lowest BCUT2D eigenvalue weighted by Gasteiger charge is -2.32. The first kappa shape index (κ1) is 17.6. The van der Waals surface area contributed by atoms with E-state index in [1.165, 1.54) is 0 Å². The molecule has 0 aromatic heterocycles. The standard InChI is InChI=1S/C11H20F2N2O4/c1-10(2,3)19-9(17)15-6(7(16)18-5)11(4,14)8(12)13/h6,8H,14H2,1-5H3,(H,15,17)/t6-,11+/m1/s1. The Kier molecular flexibility index (Phi) is 5.67. The van der Waals surface area contributed by atoms with Gasteiger partial charge in [0.15, 0.2) is 6.04 Å². The molecule has 19 heavy (non-hydrogen) atoms. The number of ether oxygens (including phenoxy) is 2. The summed E-state index contributed by atoms with van der Waals surface area (Å²) in [6.07, 6.45) is -4.06. The van der Waals surface area contributed by atoms with Crippen molar-refractivity contribution in [2.24, 2.45) is 5.73 Å². The van der Waals surface area contributed by atoms with E-state index >= 15 is 0 Å². The van der Waals surface area contributed by atoms with Gasteiger partial charge in [0.05, 0.1) is 7.11 Å². The first-order chi connectivity index (χ1) is 8.41. The maximum Gasteiger partial charge on any atom is 0.408 e. The minimum absolute atomic E-state index is 0.833. The number of methoxy groups -OCH3 is 1. The molecule has 0 aliphatic rings. The summed E-state index contributed by atoms with van der Waals surface area (Å²) in [5, 5.41) is 2.01. The second-order valence-electron chi connectivity index (χ2n) is 5.27. The number of rotatable bonds is 4. The largest absolute Gasteiger partial charge is 0.467 e. The first-order valence-electron chi connectivity index (χ1n) is 5.56. The number of hydrogen-bond donors (Lipinski definition) is 2. The normalized spacial score (nSPS) is 16.5. The predicted molar refractivity (Wildman–Crippen MR) is 63.8 cm³/mol. The van der Waals surface area contributed by atoms with Crippen molar-refractivity contribution in [2.75, 3.05) is 7.11 Å². The van der Waals surface area contributed by atoms with Crippen molar-refractivity contribution in [1.29, 1.82) is 0 Å². The number of carbonyl (C=O) groups is 2. The van der Waals surface area contributed by atoms with Gasteiger partial charge in [-0.25, -0.2) is 18.4 Å². The minimum Gasteiger partial charge on any atom is -0.467 e. The fourth-order valence-corrected chi connectivity index (χ4v) is 1.14. The van der Waals surface area contributed by atoms with E-state index in [2.05, 4.69) is 4.74 Å². The summed E-state index contributed by atoms with van der Waals surface area (Å²) in [7, 11) is 1.01. The molecule has 6 nitrogen and oxygen atoms in total. The van der Waals surface area contributed by atoms with E-state index in [1.54, 1.807) is 20.8 Å². The number of nitrogens with one attached hydrogen (secondary N) is 1. The van der Waals surface area contributed by atoms with E-state index < -0.39 is 35.7 Å². The molecular formula is C11H20F2N2O4. The van der Waals surface area contributed by atoms with Gasteiger partial charge in [0.1, 0.15) is 11.1 Å². The lowest BCUT2D eigenvalue weighted by Crippen LogP contribution is -2.64. The summed E-state index contributed by atoms with van der Waals surface area (Å²) >= 11 is 0. The number of halogens is 2. The molecule has 112 valence electrons. The van der Waals surface area contributed by atoms with Crippen molar-refractivity contribution < 1.29 is 27.8 Å². The van der Waals surface area contributed by atoms with Gasteiger partial charge in [0.25, 0.3) is 6.43 Å². The highest BCUT2D eigenvalue weighted by atomic mass is 19.3. The van der Waals surface area contributed by atoms with Crippen molar-refractivity contribution in [3.05, 3.63) is 0 Å². The lowest BCUT2D eigenvalue weighted by atomic mass is 9.94. The Balaban J connectivity index is 5.00. The van der Waals surface area contributed by atoms with Gasteiger partial charge in [0, 0.05) is 0 Å². The second kappa shape index (κ2) is 6.14. The van der Waals surface area contributed by atoms with Crippen molar-refractivity contribution in [3.8, 4) is 0 Å². The van der Waals surface area contributed by atoms with Gasteiger partial charge in [-0.15, -0.1) is 0 Å². The highest BCUT2D eigenvalue weighted by Gasteiger charge is 2.45. The summed E-state index contributed by atoms with van der Waals surface area (Å²) in [4.78, 5) is 23.0. The molecule has 0 aliphatic heterocycles. The predicted octanol–water partition coefficient (Wildman–Crippen LogP) is 1.04. The third-order valence-corrected chi connectivity index (χ3v) is 2.19. The topological polar surface area (TPSA) is 90.6 Å². The zero-order valence-corrected chi connectivity index (χ0v) is 11.6. The highest BCUT2D eigenvalue weighted by molar-refractivity contribution is 5.83. The molecule has 2 atom stereocenters. The number of amides is 1. The number of carbonyl (C=O) groups excluding carboxylic acids is 2. The van der Waals surface area contributed by atoms with E-state index in [0.29, 0.717) is 0 Å². The summed E-state index contributed by atoms with van der Waals surface area (Å²) in [6, 6.07) is -1.72. The molecule has 0 saturated carbocycles. The van der Waals surface area contributed by atoms with E-state index in [-0.39, 0.29) is 0 Å². The zero-order valence-electron chi connectivity index (χ0n) is 11.6. The number of hydrogen-bond acceptors (Lipinski definition) is 5. The molecule has 0 aliphatic carbocycles. The average molecular weight is 282 g/mol. The molecule has 0 bridgehead atoms. The van der Waals surface area contributed by atoms with E-state index in [4.69, 9.17) is 10.5 Å². The highest BCUT2D eigenvalue weighted by Crippen LogP contribution is 2.18. The van der Waals surface area contributed by atoms with Crippen LogP contribution < -0.4 is 11.1 Å². The molecule has 1 amide bonds. The molecule has 0 saturated heterocycles. The maximum absolute atomic E-state index is 12.8. The Bertz CT molecular complexity index is 340. The third kappa shape index (κ3) is 5.37. The molecule has 8 heteroatoms. The SMILES string of the molecule is COC(=O)[C@@H](NC(=O)OC(C)(C)C)[C@](C)(N)C(F)F. The molecule has 0 fully saturated rings. The minimum atomic E-state index is -3.04. The Morgan fingerprint density at radius 2 is 1.68 bits per heavy atom. The number of nitrogens with two attached hydrogens (primary N) is 1. The average Bonchev–Trinajstić information content (AvgIpc) is 2.21. The van der Waals surface area contributed by atoms with E-state index in [9.17, 15) is 18.4 Å². The molecule has 0 unspecified atom stereocenters. The van der Waals surface area contributed by atoms with Crippen molar-refractivity contribution in [3.63, 3.8) is 0 Å². The summed E-state index contributed by atoms with van der Waals surface area (Å²) in [5.74, 6) is -1.07. The van der Waals surface area contributed by atoms with Crippen LogP contribution in [-0.4, -0.2) is 42.8 Å².